The highest BCUT2D eigenvalue weighted by Crippen LogP contribution is 2.05. The maximum Gasteiger partial charge on any atom is 0.0759 e. The first-order valence-corrected chi connectivity index (χ1v) is 7.70. The van der Waals surface area contributed by atoms with Crippen molar-refractivity contribution < 1.29 is 0 Å². The summed E-state index contributed by atoms with van der Waals surface area (Å²) in [4.78, 5) is 0. The van der Waals surface area contributed by atoms with Crippen LogP contribution in [0.15, 0.2) is 0 Å². The molecule has 136 valence electrons. The summed E-state index contributed by atoms with van der Waals surface area (Å²) in [5.74, 6) is 0. The zero-order chi connectivity index (χ0) is 13.1. The van der Waals surface area contributed by atoms with E-state index in [4.69, 9.17) is 0 Å². The number of nitrogens with zero attached hydrogens (tertiary/aromatic N) is 2. The Bertz CT molecular complexity index is 212. The molecule has 2 heterocycles. The fourth-order valence-corrected chi connectivity index (χ4v) is 2.49. The van der Waals surface area contributed by atoms with Crippen LogP contribution < -0.4 is 10.9 Å². The molecule has 0 aliphatic carbocycles. The van der Waals surface area contributed by atoms with Gasteiger partial charge in [-0.05, 0) is 25.7 Å². The van der Waals surface area contributed by atoms with Gasteiger partial charge < -0.3 is 10.9 Å². The predicted octanol–water partition coefficient (Wildman–Crippen LogP) is 2.32. The standard InChI is InChI=1S/2C6H12N2S.4H2S/c2*9-6-7-8-4-2-1-3-5-8;;;;/h2*6H,1-5H2,(H,7,9);4*1H2. The van der Waals surface area contributed by atoms with Crippen LogP contribution in [0, 0.1) is 0 Å². The molecular formula is C12H32N4S6. The molecule has 0 aromatic carbocycles. The number of hydrogen-bond acceptors (Lipinski definition) is 4. The summed E-state index contributed by atoms with van der Waals surface area (Å²) in [5, 5.41) is 4.33. The van der Waals surface area contributed by atoms with Gasteiger partial charge in [0.15, 0.2) is 0 Å². The van der Waals surface area contributed by atoms with Crippen LogP contribution in [0.25, 0.3) is 0 Å². The largest absolute Gasteiger partial charge is 0.315 e. The molecule has 4 nitrogen and oxygen atoms in total. The lowest BCUT2D eigenvalue weighted by Gasteiger charge is -2.25. The van der Waals surface area contributed by atoms with Gasteiger partial charge in [-0.1, -0.05) is 37.3 Å². The van der Waals surface area contributed by atoms with E-state index in [2.05, 4.69) is 45.3 Å². The van der Waals surface area contributed by atoms with Gasteiger partial charge in [-0.15, -0.1) is 0 Å². The van der Waals surface area contributed by atoms with Gasteiger partial charge in [0, 0.05) is 26.2 Å². The van der Waals surface area contributed by atoms with E-state index in [0.29, 0.717) is 0 Å². The Hall–Kier alpha value is 1.10. The van der Waals surface area contributed by atoms with Crippen molar-refractivity contribution in [1.29, 1.82) is 0 Å². The molecule has 2 aliphatic rings. The minimum Gasteiger partial charge on any atom is -0.315 e. The molecule has 0 aromatic rings. The fourth-order valence-electron chi connectivity index (χ4n) is 2.20. The normalized spacial score (nSPS) is 17.5. The highest BCUT2D eigenvalue weighted by atomic mass is 32.1. The van der Waals surface area contributed by atoms with Crippen molar-refractivity contribution in [3.05, 3.63) is 0 Å². The predicted molar refractivity (Wildman–Crippen MR) is 126 cm³/mol. The molecule has 0 saturated carbocycles. The van der Waals surface area contributed by atoms with Gasteiger partial charge in [0.25, 0.3) is 0 Å². The first kappa shape index (κ1) is 30.9. The number of piperidine rings is 2. The van der Waals surface area contributed by atoms with Gasteiger partial charge in [-0.3, -0.25) is 0 Å². The van der Waals surface area contributed by atoms with Crippen molar-refractivity contribution in [2.24, 2.45) is 0 Å². The van der Waals surface area contributed by atoms with E-state index in [-0.39, 0.29) is 54.0 Å². The van der Waals surface area contributed by atoms with Crippen LogP contribution >= 0.6 is 78.4 Å². The average molecular weight is 425 g/mol. The molecule has 0 atom stereocenters. The SMILES string of the molecule is S.S.S.S.S=CNN1CCCCC1.S=CNN1CCCCC1. The summed E-state index contributed by atoms with van der Waals surface area (Å²) >= 11 is 9.31. The van der Waals surface area contributed by atoms with E-state index in [1.54, 1.807) is 11.0 Å². The molecule has 0 aromatic heterocycles. The van der Waals surface area contributed by atoms with Crippen molar-refractivity contribution in [2.75, 3.05) is 26.2 Å². The van der Waals surface area contributed by atoms with E-state index in [0.717, 1.165) is 26.2 Å². The molecule has 0 amide bonds. The maximum absolute atomic E-state index is 4.66. The molecule has 2 N–H and O–H groups in total. The first-order valence-electron chi connectivity index (χ1n) is 6.76. The fraction of sp³-hybridized carbons (Fsp3) is 0.833. The van der Waals surface area contributed by atoms with Gasteiger partial charge in [0.05, 0.1) is 11.0 Å². The highest BCUT2D eigenvalue weighted by Gasteiger charge is 2.07. The van der Waals surface area contributed by atoms with Crippen molar-refractivity contribution in [2.45, 2.75) is 38.5 Å². The minimum absolute atomic E-state index is 0. The number of hydrogen-bond donors (Lipinski definition) is 2. The summed E-state index contributed by atoms with van der Waals surface area (Å²) in [7, 11) is 0. The Morgan fingerprint density at radius 1 is 0.545 bits per heavy atom. The smallest absolute Gasteiger partial charge is 0.0759 e. The Morgan fingerprint density at radius 3 is 1.05 bits per heavy atom. The number of thiocarbonyl (C=S) groups is 2. The van der Waals surface area contributed by atoms with Gasteiger partial charge in [0.2, 0.25) is 0 Å². The van der Waals surface area contributed by atoms with Gasteiger partial charge >= 0.3 is 0 Å². The van der Waals surface area contributed by atoms with E-state index >= 15 is 0 Å². The second-order valence-electron chi connectivity index (χ2n) is 4.59. The van der Waals surface area contributed by atoms with Crippen LogP contribution in [-0.4, -0.2) is 47.2 Å². The highest BCUT2D eigenvalue weighted by molar-refractivity contribution is 7.79. The molecule has 0 unspecified atom stereocenters. The minimum atomic E-state index is 0. The Morgan fingerprint density at radius 2 is 0.818 bits per heavy atom. The van der Waals surface area contributed by atoms with E-state index < -0.39 is 0 Å². The summed E-state index contributed by atoms with van der Waals surface area (Å²) < 4.78 is 0. The van der Waals surface area contributed by atoms with Crippen LogP contribution in [0.4, 0.5) is 0 Å². The maximum atomic E-state index is 4.66. The van der Waals surface area contributed by atoms with Crippen LogP contribution in [0.3, 0.4) is 0 Å². The monoisotopic (exact) mass is 424 g/mol. The van der Waals surface area contributed by atoms with Crippen LogP contribution in [-0.2, 0) is 0 Å². The molecule has 2 fully saturated rings. The lowest BCUT2D eigenvalue weighted by Crippen LogP contribution is -2.40. The number of rotatable bonds is 4. The Labute approximate surface area is 174 Å². The van der Waals surface area contributed by atoms with Crippen LogP contribution in [0.1, 0.15) is 38.5 Å². The molecule has 0 radical (unpaired) electrons. The first-order chi connectivity index (χ1) is 8.86. The number of hydrazine groups is 2. The topological polar surface area (TPSA) is 30.5 Å². The third-order valence-electron chi connectivity index (χ3n) is 3.18. The Balaban J connectivity index is -0.000000125. The molecular weight excluding hydrogens is 393 g/mol. The van der Waals surface area contributed by atoms with E-state index in [1.165, 1.54) is 38.5 Å². The van der Waals surface area contributed by atoms with Gasteiger partial charge in [-0.2, -0.15) is 54.0 Å². The molecule has 2 rings (SSSR count). The Kier molecular flexibility index (Phi) is 31.1. The van der Waals surface area contributed by atoms with Crippen molar-refractivity contribution in [3.8, 4) is 0 Å². The second-order valence-corrected chi connectivity index (χ2v) is 5.06. The van der Waals surface area contributed by atoms with Gasteiger partial charge in [-0.25, -0.2) is 10.0 Å². The van der Waals surface area contributed by atoms with Crippen molar-refractivity contribution in [3.63, 3.8) is 0 Å². The second kappa shape index (κ2) is 22.1. The molecule has 0 spiro atoms. The van der Waals surface area contributed by atoms with E-state index in [1.807, 2.05) is 0 Å². The lowest BCUT2D eigenvalue weighted by molar-refractivity contribution is 0.198. The van der Waals surface area contributed by atoms with Crippen molar-refractivity contribution >= 4 is 89.4 Å². The number of nitrogens with one attached hydrogen (secondary N) is 2. The van der Waals surface area contributed by atoms with Crippen LogP contribution in [0.2, 0.25) is 0 Å². The molecule has 10 heteroatoms. The average Bonchev–Trinajstić information content (AvgIpc) is 2.43. The van der Waals surface area contributed by atoms with Crippen LogP contribution in [0.5, 0.6) is 0 Å². The van der Waals surface area contributed by atoms with Gasteiger partial charge in [0.1, 0.15) is 0 Å². The van der Waals surface area contributed by atoms with E-state index in [9.17, 15) is 0 Å². The summed E-state index contributed by atoms with van der Waals surface area (Å²) in [5.41, 5.74) is 9.16. The summed E-state index contributed by atoms with van der Waals surface area (Å²) in [6.07, 6.45) is 7.95. The zero-order valence-corrected chi connectivity index (χ0v) is 18.6. The molecule has 2 saturated heterocycles. The third kappa shape index (κ3) is 16.0. The molecule has 2 aliphatic heterocycles. The van der Waals surface area contributed by atoms with Crippen molar-refractivity contribution in [1.82, 2.24) is 20.9 Å². The zero-order valence-electron chi connectivity index (χ0n) is 12.9. The lowest BCUT2D eigenvalue weighted by atomic mass is 10.2. The quantitative estimate of drug-likeness (QED) is 0.674. The third-order valence-corrected chi connectivity index (χ3v) is 3.39. The molecule has 22 heavy (non-hydrogen) atoms. The molecule has 0 bridgehead atoms. The summed E-state index contributed by atoms with van der Waals surface area (Å²) in [6, 6.07) is 0. The summed E-state index contributed by atoms with van der Waals surface area (Å²) in [6.45, 7) is 4.58.